The molecule has 0 bridgehead atoms. The maximum Gasteiger partial charge on any atom is 0.265 e. The number of aryl methyl sites for hydroxylation is 2. The topological polar surface area (TPSA) is 116 Å². The number of pyridine rings is 1. The van der Waals surface area contributed by atoms with Crippen molar-refractivity contribution in [3.8, 4) is 17.2 Å². The minimum absolute atomic E-state index is 0.0819. The number of rotatable bonds is 15. The van der Waals surface area contributed by atoms with E-state index in [1.54, 1.807) is 35.0 Å². The summed E-state index contributed by atoms with van der Waals surface area (Å²) < 4.78 is 1.69. The number of halogens is 1. The molecule has 2 aromatic heterocycles. The van der Waals surface area contributed by atoms with Crippen LogP contribution < -0.4 is 16.2 Å². The lowest BCUT2D eigenvalue weighted by Gasteiger charge is -2.17. The molecule has 0 saturated carbocycles. The number of nitrogens with one attached hydrogen (secondary N) is 2. The second-order valence-electron chi connectivity index (χ2n) is 11.5. The molecule has 0 unspecified atom stereocenters. The molecular weight excluding hydrogens is 622 g/mol. The van der Waals surface area contributed by atoms with Crippen molar-refractivity contribution in [2.75, 3.05) is 36.8 Å². The molecule has 0 atom stereocenters. The number of nitrogens with zero attached hydrogens (tertiary/aromatic N) is 5. The van der Waals surface area contributed by atoms with Gasteiger partial charge in [-0.25, -0.2) is 4.98 Å². The summed E-state index contributed by atoms with van der Waals surface area (Å²) in [5.41, 5.74) is 3.14. The van der Waals surface area contributed by atoms with Crippen molar-refractivity contribution in [3.63, 3.8) is 0 Å². The Morgan fingerprint density at radius 3 is 2.42 bits per heavy atom. The molecule has 2 N–H and O–H groups in total. The van der Waals surface area contributed by atoms with Gasteiger partial charge < -0.3 is 15.5 Å². The van der Waals surface area contributed by atoms with E-state index < -0.39 is 5.91 Å². The lowest BCUT2D eigenvalue weighted by atomic mass is 10.1. The van der Waals surface area contributed by atoms with Crippen LogP contribution in [0.2, 0.25) is 5.02 Å². The number of unbranched alkanes of at least 4 members (excludes halogenated alkanes) is 1. The van der Waals surface area contributed by atoms with Crippen molar-refractivity contribution in [3.05, 3.63) is 93.4 Å². The number of benzene rings is 2. The highest BCUT2D eigenvalue weighted by atomic mass is 35.5. The Bertz CT molecular complexity index is 1770. The number of carbonyl (C=O) groups excluding carboxylic acids is 1. The number of carbonyl (C=O) groups is 1. The van der Waals surface area contributed by atoms with Crippen LogP contribution in [-0.2, 0) is 17.8 Å². The summed E-state index contributed by atoms with van der Waals surface area (Å²) in [5.74, 6) is 0.127. The molecule has 0 aliphatic carbocycles. The minimum Gasteiger partial charge on any atom is -0.354 e. The quantitative estimate of drug-likeness (QED) is 0.0749. The van der Waals surface area contributed by atoms with Gasteiger partial charge in [0.2, 0.25) is 5.95 Å². The average Bonchev–Trinajstić information content (AvgIpc) is 3.10. The Morgan fingerprint density at radius 2 is 1.77 bits per heavy atom. The van der Waals surface area contributed by atoms with Crippen molar-refractivity contribution in [2.45, 2.75) is 67.3 Å². The van der Waals surface area contributed by atoms with Crippen molar-refractivity contribution in [2.24, 2.45) is 5.92 Å². The van der Waals surface area contributed by atoms with Gasteiger partial charge in [0.1, 0.15) is 17.3 Å². The standard InChI is InChI=1S/C36H42ClN7O2.C2H6/c1-5-43(6-2)19-10-9-18-39-36-40-24-28-22-31(30-11-7-8-12-32(30)37)35(46)44(33(28)42-36)20-17-26-13-15-29(16-14-26)41-34(45)27(23-38)21-25(3)4;1-2/h7-8,11-16,21-22,24-25H,5-6,9-10,17-20H2,1-4H3,(H,41,45)(H,39,40,42);1-2H3/b27-21-;. The zero-order valence-corrected chi connectivity index (χ0v) is 29.8. The summed E-state index contributed by atoms with van der Waals surface area (Å²) in [4.78, 5) is 38.2. The highest BCUT2D eigenvalue weighted by molar-refractivity contribution is 6.33. The molecule has 0 saturated heterocycles. The van der Waals surface area contributed by atoms with Crippen LogP contribution in [0.4, 0.5) is 11.6 Å². The molecule has 48 heavy (non-hydrogen) atoms. The molecule has 9 nitrogen and oxygen atoms in total. The van der Waals surface area contributed by atoms with Crippen LogP contribution in [0.25, 0.3) is 22.2 Å². The molecule has 0 spiro atoms. The summed E-state index contributed by atoms with van der Waals surface area (Å²) in [6.45, 7) is 16.4. The number of hydrogen-bond donors (Lipinski definition) is 2. The molecule has 0 aliphatic heterocycles. The number of hydrogen-bond acceptors (Lipinski definition) is 7. The van der Waals surface area contributed by atoms with Gasteiger partial charge in [-0.2, -0.15) is 10.2 Å². The molecular formula is C38H48ClN7O2. The van der Waals surface area contributed by atoms with E-state index in [1.807, 2.05) is 70.2 Å². The lowest BCUT2D eigenvalue weighted by Crippen LogP contribution is -2.25. The molecule has 4 aromatic rings. The van der Waals surface area contributed by atoms with Gasteiger partial charge in [0.25, 0.3) is 11.5 Å². The highest BCUT2D eigenvalue weighted by Crippen LogP contribution is 2.27. The number of amides is 1. The number of anilines is 2. The summed E-state index contributed by atoms with van der Waals surface area (Å²) in [6, 6.07) is 18.5. The van der Waals surface area contributed by atoms with Crippen molar-refractivity contribution < 1.29 is 4.79 Å². The third kappa shape index (κ3) is 10.5. The predicted molar refractivity (Wildman–Crippen MR) is 198 cm³/mol. The second-order valence-corrected chi connectivity index (χ2v) is 11.9. The maximum absolute atomic E-state index is 14.0. The largest absolute Gasteiger partial charge is 0.354 e. The molecule has 254 valence electrons. The van der Waals surface area contributed by atoms with E-state index in [4.69, 9.17) is 16.6 Å². The molecule has 10 heteroatoms. The van der Waals surface area contributed by atoms with E-state index >= 15 is 0 Å². The first-order valence-electron chi connectivity index (χ1n) is 16.9. The molecule has 0 fully saturated rings. The Labute approximate surface area is 289 Å². The summed E-state index contributed by atoms with van der Waals surface area (Å²) in [7, 11) is 0. The maximum atomic E-state index is 14.0. The number of fused-ring (bicyclic) bond motifs is 1. The predicted octanol–water partition coefficient (Wildman–Crippen LogP) is 7.96. The van der Waals surface area contributed by atoms with E-state index in [0.29, 0.717) is 46.4 Å². The lowest BCUT2D eigenvalue weighted by molar-refractivity contribution is -0.112. The van der Waals surface area contributed by atoms with Gasteiger partial charge in [0.05, 0.1) is 0 Å². The zero-order valence-electron chi connectivity index (χ0n) is 29.0. The van der Waals surface area contributed by atoms with Gasteiger partial charge in [-0.05, 0) is 74.6 Å². The number of nitriles is 1. The van der Waals surface area contributed by atoms with Crippen LogP contribution in [0.3, 0.4) is 0 Å². The molecule has 1 amide bonds. The monoisotopic (exact) mass is 669 g/mol. The fraction of sp³-hybridized carbons (Fsp3) is 0.395. The molecule has 2 aromatic carbocycles. The van der Waals surface area contributed by atoms with E-state index in [9.17, 15) is 14.9 Å². The number of allylic oxidation sites excluding steroid dienone is 1. The van der Waals surface area contributed by atoms with Crippen LogP contribution in [0.1, 0.15) is 59.9 Å². The fourth-order valence-electron chi connectivity index (χ4n) is 5.22. The molecule has 0 radical (unpaired) electrons. The summed E-state index contributed by atoms with van der Waals surface area (Å²) in [5, 5.41) is 16.7. The SMILES string of the molecule is CC.CCN(CC)CCCCNc1ncc2cc(-c3ccccc3Cl)c(=O)n(CCc3ccc(NC(=O)/C(C#N)=C\C(C)C)cc3)c2n1. The Balaban J connectivity index is 0.00000307. The first-order chi connectivity index (χ1) is 23.2. The van der Waals surface area contributed by atoms with Gasteiger partial charge in [0, 0.05) is 46.5 Å². The van der Waals surface area contributed by atoms with Gasteiger partial charge in [-0.3, -0.25) is 14.2 Å². The average molecular weight is 670 g/mol. The second kappa shape index (κ2) is 19.3. The van der Waals surface area contributed by atoms with Gasteiger partial charge >= 0.3 is 0 Å². The summed E-state index contributed by atoms with van der Waals surface area (Å²) in [6.07, 6.45) is 5.99. The van der Waals surface area contributed by atoms with Crippen molar-refractivity contribution in [1.82, 2.24) is 19.4 Å². The van der Waals surface area contributed by atoms with Crippen LogP contribution in [0, 0.1) is 17.2 Å². The van der Waals surface area contributed by atoms with Gasteiger partial charge in [-0.15, -0.1) is 0 Å². The van der Waals surface area contributed by atoms with E-state index in [1.165, 1.54) is 0 Å². The molecule has 0 aliphatic rings. The third-order valence-electron chi connectivity index (χ3n) is 7.77. The Kier molecular flexibility index (Phi) is 15.3. The van der Waals surface area contributed by atoms with E-state index in [0.717, 1.165) is 50.0 Å². The van der Waals surface area contributed by atoms with E-state index in [-0.39, 0.29) is 17.1 Å². The smallest absolute Gasteiger partial charge is 0.265 e. The highest BCUT2D eigenvalue weighted by Gasteiger charge is 2.16. The zero-order chi connectivity index (χ0) is 35.1. The van der Waals surface area contributed by atoms with Crippen LogP contribution >= 0.6 is 11.6 Å². The Hall–Kier alpha value is -4.52. The Morgan fingerprint density at radius 1 is 1.06 bits per heavy atom. The molecule has 4 rings (SSSR count). The molecule has 2 heterocycles. The van der Waals surface area contributed by atoms with Crippen LogP contribution in [0.15, 0.2) is 77.2 Å². The minimum atomic E-state index is -0.439. The number of aromatic nitrogens is 3. The normalized spacial score (nSPS) is 11.3. The van der Waals surface area contributed by atoms with Gasteiger partial charge in [-0.1, -0.05) is 89.6 Å². The first kappa shape index (κ1) is 37.9. The fourth-order valence-corrected chi connectivity index (χ4v) is 5.45. The van der Waals surface area contributed by atoms with Crippen molar-refractivity contribution >= 4 is 40.2 Å². The van der Waals surface area contributed by atoms with E-state index in [2.05, 4.69) is 34.4 Å². The third-order valence-corrected chi connectivity index (χ3v) is 8.10. The summed E-state index contributed by atoms with van der Waals surface area (Å²) >= 11 is 6.51. The van der Waals surface area contributed by atoms with Crippen molar-refractivity contribution in [1.29, 1.82) is 5.26 Å². The van der Waals surface area contributed by atoms with Gasteiger partial charge in [0.15, 0.2) is 0 Å². The first-order valence-corrected chi connectivity index (χ1v) is 17.3. The van der Waals surface area contributed by atoms with Crippen LogP contribution in [0.5, 0.6) is 0 Å². The van der Waals surface area contributed by atoms with Crippen LogP contribution in [-0.4, -0.2) is 51.5 Å².